The van der Waals surface area contributed by atoms with E-state index >= 15 is 0 Å². The molecule has 0 spiro atoms. The topological polar surface area (TPSA) is 79.9 Å². The van der Waals surface area contributed by atoms with Gasteiger partial charge in [0.15, 0.2) is 6.61 Å². The maximum atomic E-state index is 12.8. The largest absolute Gasteiger partial charge is 0.497 e. The Morgan fingerprint density at radius 3 is 2.62 bits per heavy atom. The van der Waals surface area contributed by atoms with Crippen LogP contribution in [0.5, 0.6) is 11.5 Å². The monoisotopic (exact) mass is 397 g/mol. The van der Waals surface area contributed by atoms with Gasteiger partial charge in [-0.25, -0.2) is 0 Å². The van der Waals surface area contributed by atoms with E-state index in [-0.39, 0.29) is 30.5 Å². The van der Waals surface area contributed by atoms with Crippen LogP contribution < -0.4 is 20.1 Å². The highest BCUT2D eigenvalue weighted by molar-refractivity contribution is 5.95. The SMILES string of the molecule is COc1cccc(NC(=O)COc2ccc(C(=O)N3CCNC(C)C3C)cc2)c1. The second-order valence-electron chi connectivity index (χ2n) is 7.08. The van der Waals surface area contributed by atoms with E-state index in [9.17, 15) is 9.59 Å². The number of rotatable bonds is 6. The molecule has 0 aliphatic carbocycles. The number of carbonyl (C=O) groups is 2. The quantitative estimate of drug-likeness (QED) is 0.783. The first kappa shape index (κ1) is 20.7. The van der Waals surface area contributed by atoms with Gasteiger partial charge in [0.25, 0.3) is 11.8 Å². The van der Waals surface area contributed by atoms with Crippen LogP contribution in [0.4, 0.5) is 5.69 Å². The predicted octanol–water partition coefficient (Wildman–Crippen LogP) is 2.54. The van der Waals surface area contributed by atoms with Crippen LogP contribution in [-0.2, 0) is 4.79 Å². The summed E-state index contributed by atoms with van der Waals surface area (Å²) < 4.78 is 10.7. The summed E-state index contributed by atoms with van der Waals surface area (Å²) in [5.41, 5.74) is 1.25. The van der Waals surface area contributed by atoms with E-state index in [0.29, 0.717) is 29.3 Å². The Morgan fingerprint density at radius 1 is 1.14 bits per heavy atom. The number of nitrogens with zero attached hydrogens (tertiary/aromatic N) is 1. The number of benzene rings is 2. The van der Waals surface area contributed by atoms with Crippen LogP contribution >= 0.6 is 0 Å². The van der Waals surface area contributed by atoms with Gasteiger partial charge < -0.3 is 25.0 Å². The maximum Gasteiger partial charge on any atom is 0.262 e. The molecular formula is C22H27N3O4. The number of methoxy groups -OCH3 is 1. The van der Waals surface area contributed by atoms with E-state index in [0.717, 1.165) is 6.54 Å². The molecule has 1 aliphatic heterocycles. The van der Waals surface area contributed by atoms with Crippen molar-refractivity contribution in [2.45, 2.75) is 25.9 Å². The highest BCUT2D eigenvalue weighted by Gasteiger charge is 2.28. The van der Waals surface area contributed by atoms with Gasteiger partial charge in [0.05, 0.1) is 7.11 Å². The fourth-order valence-corrected chi connectivity index (χ4v) is 3.25. The van der Waals surface area contributed by atoms with E-state index in [1.807, 2.05) is 11.8 Å². The van der Waals surface area contributed by atoms with E-state index in [4.69, 9.17) is 9.47 Å². The van der Waals surface area contributed by atoms with E-state index < -0.39 is 0 Å². The van der Waals surface area contributed by atoms with Crippen LogP contribution in [0.25, 0.3) is 0 Å². The number of hydrogen-bond acceptors (Lipinski definition) is 5. The molecule has 3 rings (SSSR count). The fourth-order valence-electron chi connectivity index (χ4n) is 3.25. The van der Waals surface area contributed by atoms with Gasteiger partial charge in [0.2, 0.25) is 0 Å². The molecule has 1 saturated heterocycles. The average Bonchev–Trinajstić information content (AvgIpc) is 2.74. The van der Waals surface area contributed by atoms with Crippen molar-refractivity contribution in [3.63, 3.8) is 0 Å². The molecular weight excluding hydrogens is 370 g/mol. The Hall–Kier alpha value is -3.06. The third-order valence-electron chi connectivity index (χ3n) is 5.12. The summed E-state index contributed by atoms with van der Waals surface area (Å²) in [5, 5.41) is 6.13. The third kappa shape index (κ3) is 5.26. The smallest absolute Gasteiger partial charge is 0.262 e. The van der Waals surface area contributed by atoms with E-state index in [1.165, 1.54) is 0 Å². The Kier molecular flexibility index (Phi) is 6.72. The highest BCUT2D eigenvalue weighted by atomic mass is 16.5. The van der Waals surface area contributed by atoms with Gasteiger partial charge in [-0.1, -0.05) is 6.07 Å². The molecule has 2 amide bonds. The fraction of sp³-hybridized carbons (Fsp3) is 0.364. The molecule has 154 valence electrons. The van der Waals surface area contributed by atoms with Gasteiger partial charge in [-0.15, -0.1) is 0 Å². The summed E-state index contributed by atoms with van der Waals surface area (Å²) in [6, 6.07) is 14.4. The standard InChI is InChI=1S/C22H27N3O4/c1-15-16(2)25(12-11-23-15)22(27)17-7-9-19(10-8-17)29-14-21(26)24-18-5-4-6-20(13-18)28-3/h4-10,13,15-16,23H,11-12,14H2,1-3H3,(H,24,26). The molecule has 2 atom stereocenters. The lowest BCUT2D eigenvalue weighted by molar-refractivity contribution is -0.118. The Morgan fingerprint density at radius 2 is 1.90 bits per heavy atom. The van der Waals surface area contributed by atoms with Crippen molar-refractivity contribution in [1.82, 2.24) is 10.2 Å². The number of carbonyl (C=O) groups excluding carboxylic acids is 2. The van der Waals surface area contributed by atoms with Crippen molar-refractivity contribution in [3.05, 3.63) is 54.1 Å². The zero-order valence-electron chi connectivity index (χ0n) is 17.0. The first-order chi connectivity index (χ1) is 14.0. The molecule has 2 N–H and O–H groups in total. The van der Waals surface area contributed by atoms with Gasteiger partial charge in [-0.3, -0.25) is 9.59 Å². The Bertz CT molecular complexity index is 853. The second kappa shape index (κ2) is 9.43. The highest BCUT2D eigenvalue weighted by Crippen LogP contribution is 2.18. The molecule has 0 saturated carbocycles. The van der Waals surface area contributed by atoms with Gasteiger partial charge in [0.1, 0.15) is 11.5 Å². The summed E-state index contributed by atoms with van der Waals surface area (Å²) >= 11 is 0. The zero-order chi connectivity index (χ0) is 20.8. The van der Waals surface area contributed by atoms with Crippen molar-refractivity contribution in [2.75, 3.05) is 32.1 Å². The van der Waals surface area contributed by atoms with Crippen molar-refractivity contribution in [3.8, 4) is 11.5 Å². The zero-order valence-corrected chi connectivity index (χ0v) is 17.0. The first-order valence-electron chi connectivity index (χ1n) is 9.69. The minimum absolute atomic E-state index is 0.00756. The Balaban J connectivity index is 1.53. The van der Waals surface area contributed by atoms with Crippen LogP contribution in [0.1, 0.15) is 24.2 Å². The van der Waals surface area contributed by atoms with Gasteiger partial charge in [-0.05, 0) is 50.2 Å². The summed E-state index contributed by atoms with van der Waals surface area (Å²) in [6.45, 7) is 5.48. The maximum absolute atomic E-state index is 12.8. The first-order valence-corrected chi connectivity index (χ1v) is 9.69. The van der Waals surface area contributed by atoms with Crippen LogP contribution in [0.3, 0.4) is 0 Å². The number of ether oxygens (including phenoxy) is 2. The lowest BCUT2D eigenvalue weighted by atomic mass is 10.1. The molecule has 2 aromatic rings. The van der Waals surface area contributed by atoms with Gasteiger partial charge in [0, 0.05) is 42.5 Å². The predicted molar refractivity (Wildman–Crippen MR) is 112 cm³/mol. The normalized spacial score (nSPS) is 18.8. The van der Waals surface area contributed by atoms with Crippen molar-refractivity contribution >= 4 is 17.5 Å². The van der Waals surface area contributed by atoms with Crippen LogP contribution in [-0.4, -0.2) is 55.6 Å². The molecule has 0 bridgehead atoms. The summed E-state index contributed by atoms with van der Waals surface area (Å²) in [4.78, 5) is 26.7. The molecule has 29 heavy (non-hydrogen) atoms. The minimum Gasteiger partial charge on any atom is -0.497 e. The third-order valence-corrected chi connectivity index (χ3v) is 5.12. The number of nitrogens with one attached hydrogen (secondary N) is 2. The number of piperazine rings is 1. The average molecular weight is 397 g/mol. The lowest BCUT2D eigenvalue weighted by Crippen LogP contribution is -2.57. The minimum atomic E-state index is -0.276. The number of anilines is 1. The van der Waals surface area contributed by atoms with E-state index in [1.54, 1.807) is 55.6 Å². The molecule has 2 aromatic carbocycles. The second-order valence-corrected chi connectivity index (χ2v) is 7.08. The molecule has 0 radical (unpaired) electrons. The molecule has 1 heterocycles. The van der Waals surface area contributed by atoms with Gasteiger partial charge in [-0.2, -0.15) is 0 Å². The molecule has 7 heteroatoms. The Labute approximate surface area is 171 Å². The summed E-state index contributed by atoms with van der Waals surface area (Å²) in [7, 11) is 1.57. The van der Waals surface area contributed by atoms with Crippen molar-refractivity contribution in [1.29, 1.82) is 0 Å². The van der Waals surface area contributed by atoms with Crippen molar-refractivity contribution < 1.29 is 19.1 Å². The summed E-state index contributed by atoms with van der Waals surface area (Å²) in [5.74, 6) is 0.927. The van der Waals surface area contributed by atoms with Crippen molar-refractivity contribution in [2.24, 2.45) is 0 Å². The van der Waals surface area contributed by atoms with Crippen LogP contribution in [0.2, 0.25) is 0 Å². The van der Waals surface area contributed by atoms with E-state index in [2.05, 4.69) is 17.6 Å². The van der Waals surface area contributed by atoms with Gasteiger partial charge >= 0.3 is 0 Å². The molecule has 7 nitrogen and oxygen atoms in total. The number of amides is 2. The molecule has 1 aliphatic rings. The molecule has 0 aromatic heterocycles. The lowest BCUT2D eigenvalue weighted by Gasteiger charge is -2.38. The van der Waals surface area contributed by atoms with Crippen LogP contribution in [0.15, 0.2) is 48.5 Å². The molecule has 1 fully saturated rings. The molecule has 2 unspecified atom stereocenters. The number of hydrogen-bond donors (Lipinski definition) is 2. The van der Waals surface area contributed by atoms with Crippen LogP contribution in [0, 0.1) is 0 Å². The summed E-state index contributed by atoms with van der Waals surface area (Å²) in [6.07, 6.45) is 0.